The van der Waals surface area contributed by atoms with Gasteiger partial charge in [0.05, 0.1) is 6.10 Å². The first-order chi connectivity index (χ1) is 10.2. The van der Waals surface area contributed by atoms with E-state index in [0.29, 0.717) is 0 Å². The van der Waals surface area contributed by atoms with Gasteiger partial charge < -0.3 is 10.1 Å². The van der Waals surface area contributed by atoms with Crippen LogP contribution in [0.2, 0.25) is 0 Å². The summed E-state index contributed by atoms with van der Waals surface area (Å²) in [5.41, 5.74) is 3.71. The summed E-state index contributed by atoms with van der Waals surface area (Å²) in [6, 6.07) is 17.8. The zero-order valence-electron chi connectivity index (χ0n) is 12.8. The maximum atomic E-state index is 5.90. The van der Waals surface area contributed by atoms with Crippen LogP contribution in [0.3, 0.4) is 0 Å². The molecule has 21 heavy (non-hydrogen) atoms. The van der Waals surface area contributed by atoms with Gasteiger partial charge in [0, 0.05) is 18.2 Å². The van der Waals surface area contributed by atoms with Crippen molar-refractivity contribution in [2.24, 2.45) is 0 Å². The highest BCUT2D eigenvalue weighted by Crippen LogP contribution is 2.30. The summed E-state index contributed by atoms with van der Waals surface area (Å²) < 4.78 is 5.90. The van der Waals surface area contributed by atoms with E-state index in [1.165, 1.54) is 24.0 Å². The lowest BCUT2D eigenvalue weighted by Gasteiger charge is -2.14. The van der Waals surface area contributed by atoms with E-state index in [2.05, 4.69) is 55.6 Å². The normalized spacial score (nSPS) is 14.4. The highest BCUT2D eigenvalue weighted by molar-refractivity contribution is 5.70. The summed E-state index contributed by atoms with van der Waals surface area (Å²) in [5, 5.41) is 3.54. The number of benzene rings is 2. The molecule has 0 spiro atoms. The van der Waals surface area contributed by atoms with Crippen LogP contribution in [0.25, 0.3) is 11.1 Å². The van der Waals surface area contributed by atoms with Gasteiger partial charge in [-0.25, -0.2) is 0 Å². The molecule has 2 aromatic carbocycles. The van der Waals surface area contributed by atoms with Crippen LogP contribution in [0.15, 0.2) is 48.5 Å². The Balaban J connectivity index is 1.76. The van der Waals surface area contributed by atoms with Gasteiger partial charge in [0.15, 0.2) is 0 Å². The SMILES string of the molecule is CC(C)Oc1ccccc1-c1ccc(CNC2CC2)cc1. The number of para-hydroxylation sites is 1. The molecule has 1 N–H and O–H groups in total. The maximum absolute atomic E-state index is 5.90. The quantitative estimate of drug-likeness (QED) is 0.847. The average molecular weight is 281 g/mol. The molecule has 2 nitrogen and oxygen atoms in total. The molecule has 0 atom stereocenters. The summed E-state index contributed by atoms with van der Waals surface area (Å²) in [6.45, 7) is 5.09. The molecule has 3 rings (SSSR count). The molecule has 0 bridgehead atoms. The van der Waals surface area contributed by atoms with Gasteiger partial charge in [-0.05, 0) is 43.9 Å². The Bertz CT molecular complexity index is 585. The molecule has 1 aliphatic carbocycles. The number of hydrogen-bond donors (Lipinski definition) is 1. The molecule has 0 saturated heterocycles. The van der Waals surface area contributed by atoms with Crippen LogP contribution < -0.4 is 10.1 Å². The first-order valence-corrected chi connectivity index (χ1v) is 7.81. The van der Waals surface area contributed by atoms with Crippen LogP contribution in [0.1, 0.15) is 32.3 Å². The molecule has 1 fully saturated rings. The van der Waals surface area contributed by atoms with Crippen molar-refractivity contribution in [1.29, 1.82) is 0 Å². The van der Waals surface area contributed by atoms with E-state index in [4.69, 9.17) is 4.74 Å². The van der Waals surface area contributed by atoms with Gasteiger partial charge >= 0.3 is 0 Å². The molecule has 0 unspecified atom stereocenters. The Morgan fingerprint density at radius 3 is 2.43 bits per heavy atom. The minimum absolute atomic E-state index is 0.188. The van der Waals surface area contributed by atoms with Gasteiger partial charge in [-0.1, -0.05) is 42.5 Å². The zero-order chi connectivity index (χ0) is 14.7. The summed E-state index contributed by atoms with van der Waals surface area (Å²) in [4.78, 5) is 0. The lowest BCUT2D eigenvalue weighted by atomic mass is 10.0. The Labute approximate surface area is 127 Å². The summed E-state index contributed by atoms with van der Waals surface area (Å²) in [6.07, 6.45) is 2.85. The molecule has 110 valence electrons. The number of rotatable bonds is 6. The molecule has 0 aromatic heterocycles. The Kier molecular flexibility index (Phi) is 4.26. The van der Waals surface area contributed by atoms with Crippen molar-refractivity contribution in [3.63, 3.8) is 0 Å². The van der Waals surface area contributed by atoms with Crippen LogP contribution in [-0.2, 0) is 6.54 Å². The third-order valence-electron chi connectivity index (χ3n) is 3.69. The first-order valence-electron chi connectivity index (χ1n) is 7.81. The third kappa shape index (κ3) is 3.85. The fraction of sp³-hybridized carbons (Fsp3) is 0.368. The molecule has 0 amide bonds. The van der Waals surface area contributed by atoms with E-state index in [-0.39, 0.29) is 6.10 Å². The van der Waals surface area contributed by atoms with E-state index >= 15 is 0 Å². The van der Waals surface area contributed by atoms with Gasteiger partial charge in [-0.3, -0.25) is 0 Å². The van der Waals surface area contributed by atoms with Crippen LogP contribution in [0.4, 0.5) is 0 Å². The third-order valence-corrected chi connectivity index (χ3v) is 3.69. The van der Waals surface area contributed by atoms with Crippen LogP contribution in [0.5, 0.6) is 5.75 Å². The summed E-state index contributed by atoms with van der Waals surface area (Å²) in [7, 11) is 0. The highest BCUT2D eigenvalue weighted by atomic mass is 16.5. The first kappa shape index (κ1) is 14.2. The van der Waals surface area contributed by atoms with Crippen molar-refractivity contribution < 1.29 is 4.74 Å². The van der Waals surface area contributed by atoms with Gasteiger partial charge in [0.1, 0.15) is 5.75 Å². The second-order valence-electron chi connectivity index (χ2n) is 6.01. The Hall–Kier alpha value is -1.80. The predicted octanol–water partition coefficient (Wildman–Crippen LogP) is 4.39. The van der Waals surface area contributed by atoms with E-state index in [1.54, 1.807) is 0 Å². The van der Waals surface area contributed by atoms with Gasteiger partial charge in [0.2, 0.25) is 0 Å². The van der Waals surface area contributed by atoms with Crippen LogP contribution >= 0.6 is 0 Å². The van der Waals surface area contributed by atoms with E-state index < -0.39 is 0 Å². The van der Waals surface area contributed by atoms with E-state index in [0.717, 1.165) is 23.9 Å². The van der Waals surface area contributed by atoms with Gasteiger partial charge in [-0.15, -0.1) is 0 Å². The predicted molar refractivity (Wildman–Crippen MR) is 87.5 cm³/mol. The van der Waals surface area contributed by atoms with E-state index in [1.807, 2.05) is 12.1 Å². The molecule has 1 aliphatic rings. The number of hydrogen-bond acceptors (Lipinski definition) is 2. The molecular weight excluding hydrogens is 258 g/mol. The summed E-state index contributed by atoms with van der Waals surface area (Å²) >= 11 is 0. The largest absolute Gasteiger partial charge is 0.490 e. The minimum Gasteiger partial charge on any atom is -0.490 e. The van der Waals surface area contributed by atoms with Crippen molar-refractivity contribution in [3.8, 4) is 16.9 Å². The van der Waals surface area contributed by atoms with E-state index in [9.17, 15) is 0 Å². The van der Waals surface area contributed by atoms with Crippen LogP contribution in [0, 0.1) is 0 Å². The molecule has 0 aliphatic heterocycles. The molecule has 0 heterocycles. The number of ether oxygens (including phenoxy) is 1. The molecular formula is C19H23NO. The van der Waals surface area contributed by atoms with Crippen molar-refractivity contribution in [2.75, 3.05) is 0 Å². The van der Waals surface area contributed by atoms with Crippen molar-refractivity contribution in [1.82, 2.24) is 5.32 Å². The maximum Gasteiger partial charge on any atom is 0.127 e. The second kappa shape index (κ2) is 6.31. The van der Waals surface area contributed by atoms with Gasteiger partial charge in [0.25, 0.3) is 0 Å². The number of nitrogens with one attached hydrogen (secondary N) is 1. The molecule has 1 saturated carbocycles. The monoisotopic (exact) mass is 281 g/mol. The van der Waals surface area contributed by atoms with Crippen molar-refractivity contribution >= 4 is 0 Å². The Morgan fingerprint density at radius 1 is 1.05 bits per heavy atom. The zero-order valence-corrected chi connectivity index (χ0v) is 12.8. The highest BCUT2D eigenvalue weighted by Gasteiger charge is 2.19. The fourth-order valence-electron chi connectivity index (χ4n) is 2.41. The van der Waals surface area contributed by atoms with Crippen molar-refractivity contribution in [3.05, 3.63) is 54.1 Å². The fourth-order valence-corrected chi connectivity index (χ4v) is 2.41. The molecule has 2 aromatic rings. The lowest BCUT2D eigenvalue weighted by Crippen LogP contribution is -2.15. The lowest BCUT2D eigenvalue weighted by molar-refractivity contribution is 0.243. The smallest absolute Gasteiger partial charge is 0.127 e. The second-order valence-corrected chi connectivity index (χ2v) is 6.01. The standard InChI is InChI=1S/C19H23NO/c1-14(2)21-19-6-4-3-5-18(19)16-9-7-15(8-10-16)13-20-17-11-12-17/h3-10,14,17,20H,11-13H2,1-2H3. The van der Waals surface area contributed by atoms with Crippen LogP contribution in [-0.4, -0.2) is 12.1 Å². The summed E-state index contributed by atoms with van der Waals surface area (Å²) in [5.74, 6) is 0.955. The molecule has 0 radical (unpaired) electrons. The topological polar surface area (TPSA) is 21.3 Å². The minimum atomic E-state index is 0.188. The molecule has 2 heteroatoms. The van der Waals surface area contributed by atoms with Crippen molar-refractivity contribution in [2.45, 2.75) is 45.4 Å². The Morgan fingerprint density at radius 2 is 1.76 bits per heavy atom. The average Bonchev–Trinajstić information content (AvgIpc) is 3.30. The van der Waals surface area contributed by atoms with Gasteiger partial charge in [-0.2, -0.15) is 0 Å².